The van der Waals surface area contributed by atoms with Crippen molar-refractivity contribution in [1.82, 2.24) is 9.97 Å². The first-order valence-corrected chi connectivity index (χ1v) is 4.26. The largest absolute Gasteiger partial charge is 0.360 e. The van der Waals surface area contributed by atoms with Crippen LogP contribution in [0.2, 0.25) is 10.3 Å². The Balaban J connectivity index is 2.72. The summed E-state index contributed by atoms with van der Waals surface area (Å²) in [5.74, 6) is 0.356. The zero-order valence-electron chi connectivity index (χ0n) is 6.84. The molecule has 0 aliphatic rings. The Morgan fingerprint density at radius 3 is 2.85 bits per heavy atom. The van der Waals surface area contributed by atoms with Gasteiger partial charge in [0.05, 0.1) is 12.7 Å². The van der Waals surface area contributed by atoms with Gasteiger partial charge >= 0.3 is 0 Å². The number of Topliss-reactive ketones (excluding diaryl/α,β-unsaturated/α-hetero) is 1. The minimum absolute atomic E-state index is 0.00665. The zero-order valence-corrected chi connectivity index (χ0v) is 8.35. The van der Waals surface area contributed by atoms with Crippen molar-refractivity contribution in [3.8, 4) is 0 Å². The lowest BCUT2D eigenvalue weighted by atomic mass is 10.4. The fourth-order valence-electron chi connectivity index (χ4n) is 0.673. The van der Waals surface area contributed by atoms with Gasteiger partial charge in [0.1, 0.15) is 10.9 Å². The van der Waals surface area contributed by atoms with Crippen LogP contribution in [0, 0.1) is 0 Å². The lowest BCUT2D eigenvalue weighted by Gasteiger charge is -2.03. The highest BCUT2D eigenvalue weighted by Crippen LogP contribution is 2.17. The van der Waals surface area contributed by atoms with Gasteiger partial charge in [-0.05, 0) is 6.92 Å². The maximum Gasteiger partial charge on any atom is 0.173 e. The van der Waals surface area contributed by atoms with Gasteiger partial charge in [0.2, 0.25) is 0 Å². The molecule has 4 nitrogen and oxygen atoms in total. The second-order valence-corrected chi connectivity index (χ2v) is 3.13. The Hall–Kier alpha value is -0.870. The van der Waals surface area contributed by atoms with Crippen molar-refractivity contribution in [3.05, 3.63) is 16.5 Å². The minimum atomic E-state index is -0.00665. The highest BCUT2D eigenvalue weighted by molar-refractivity contribution is 6.33. The average Bonchev–Trinajstić information content (AvgIpc) is 2.02. The van der Waals surface area contributed by atoms with Crippen LogP contribution in [0.25, 0.3) is 0 Å². The Kier molecular flexibility index (Phi) is 3.45. The predicted molar refractivity (Wildman–Crippen MR) is 51.2 cm³/mol. The van der Waals surface area contributed by atoms with E-state index in [-0.39, 0.29) is 22.6 Å². The molecule has 1 aromatic rings. The van der Waals surface area contributed by atoms with E-state index < -0.39 is 0 Å². The SMILES string of the molecule is CC(=O)CNc1ncc(Cl)nc1Cl. The number of hydrogen-bond donors (Lipinski definition) is 1. The number of carbonyl (C=O) groups is 1. The van der Waals surface area contributed by atoms with Gasteiger partial charge < -0.3 is 5.32 Å². The highest BCUT2D eigenvalue weighted by Gasteiger charge is 2.03. The molecule has 0 atom stereocenters. The molecule has 1 rings (SSSR count). The lowest BCUT2D eigenvalue weighted by molar-refractivity contribution is -0.115. The van der Waals surface area contributed by atoms with E-state index in [9.17, 15) is 4.79 Å². The van der Waals surface area contributed by atoms with E-state index in [0.29, 0.717) is 5.82 Å². The van der Waals surface area contributed by atoms with Crippen molar-refractivity contribution in [3.63, 3.8) is 0 Å². The van der Waals surface area contributed by atoms with E-state index in [1.165, 1.54) is 13.1 Å². The summed E-state index contributed by atoms with van der Waals surface area (Å²) >= 11 is 11.2. The van der Waals surface area contributed by atoms with Gasteiger partial charge in [-0.1, -0.05) is 23.2 Å². The van der Waals surface area contributed by atoms with Crippen LogP contribution in [-0.4, -0.2) is 22.3 Å². The summed E-state index contributed by atoms with van der Waals surface area (Å²) in [5.41, 5.74) is 0. The van der Waals surface area contributed by atoms with Crippen molar-refractivity contribution in [2.75, 3.05) is 11.9 Å². The molecule has 0 bridgehead atoms. The Morgan fingerprint density at radius 1 is 1.62 bits per heavy atom. The molecule has 1 N–H and O–H groups in total. The van der Waals surface area contributed by atoms with Gasteiger partial charge in [0, 0.05) is 0 Å². The Bertz CT molecular complexity index is 330. The molecule has 0 spiro atoms. The van der Waals surface area contributed by atoms with Crippen LogP contribution < -0.4 is 5.32 Å². The molecule has 6 heteroatoms. The van der Waals surface area contributed by atoms with Crippen molar-refractivity contribution >= 4 is 34.8 Å². The van der Waals surface area contributed by atoms with Gasteiger partial charge in [-0.25, -0.2) is 9.97 Å². The molecule has 0 aromatic carbocycles. The maximum absolute atomic E-state index is 10.6. The Labute approximate surface area is 85.3 Å². The van der Waals surface area contributed by atoms with E-state index in [0.717, 1.165) is 0 Å². The van der Waals surface area contributed by atoms with Gasteiger partial charge in [-0.15, -0.1) is 0 Å². The molecular weight excluding hydrogens is 213 g/mol. The first kappa shape index (κ1) is 10.2. The second kappa shape index (κ2) is 4.39. The third-order valence-electron chi connectivity index (χ3n) is 1.21. The van der Waals surface area contributed by atoms with E-state index in [1.807, 2.05) is 0 Å². The topological polar surface area (TPSA) is 54.9 Å². The molecule has 0 amide bonds. The normalized spacial score (nSPS) is 9.77. The number of aromatic nitrogens is 2. The summed E-state index contributed by atoms with van der Waals surface area (Å²) in [4.78, 5) is 18.2. The molecule has 0 aliphatic carbocycles. The summed E-state index contributed by atoms with van der Waals surface area (Å²) in [5, 5.41) is 3.11. The molecule has 1 heterocycles. The first-order chi connectivity index (χ1) is 6.09. The van der Waals surface area contributed by atoms with Crippen LogP contribution in [-0.2, 0) is 4.79 Å². The molecule has 0 aliphatic heterocycles. The van der Waals surface area contributed by atoms with Crippen molar-refractivity contribution in [1.29, 1.82) is 0 Å². The zero-order chi connectivity index (χ0) is 9.84. The van der Waals surface area contributed by atoms with Crippen LogP contribution >= 0.6 is 23.2 Å². The Morgan fingerprint density at radius 2 is 2.31 bits per heavy atom. The molecular formula is C7H7Cl2N3O. The summed E-state index contributed by atoms with van der Waals surface area (Å²) in [7, 11) is 0. The fourth-order valence-corrected chi connectivity index (χ4v) is 1.06. The monoisotopic (exact) mass is 219 g/mol. The average molecular weight is 220 g/mol. The van der Waals surface area contributed by atoms with Crippen molar-refractivity contribution < 1.29 is 4.79 Å². The van der Waals surface area contributed by atoms with Gasteiger partial charge in [-0.2, -0.15) is 0 Å². The number of nitrogens with one attached hydrogen (secondary N) is 1. The van der Waals surface area contributed by atoms with Crippen LogP contribution in [0.3, 0.4) is 0 Å². The van der Waals surface area contributed by atoms with Gasteiger partial charge in [-0.3, -0.25) is 4.79 Å². The number of anilines is 1. The molecule has 0 radical (unpaired) electrons. The fraction of sp³-hybridized carbons (Fsp3) is 0.286. The van der Waals surface area contributed by atoms with Gasteiger partial charge in [0.25, 0.3) is 0 Å². The van der Waals surface area contributed by atoms with E-state index in [4.69, 9.17) is 23.2 Å². The first-order valence-electron chi connectivity index (χ1n) is 3.51. The van der Waals surface area contributed by atoms with E-state index in [2.05, 4.69) is 15.3 Å². The predicted octanol–water partition coefficient (Wildman–Crippen LogP) is 1.78. The molecule has 0 saturated carbocycles. The number of hydrogen-bond acceptors (Lipinski definition) is 4. The lowest BCUT2D eigenvalue weighted by Crippen LogP contribution is -2.11. The molecule has 0 fully saturated rings. The summed E-state index contributed by atoms with van der Waals surface area (Å²) in [6.45, 7) is 1.64. The molecule has 0 unspecified atom stereocenters. The molecule has 0 saturated heterocycles. The van der Waals surface area contributed by atoms with Crippen LogP contribution in [0.15, 0.2) is 6.20 Å². The summed E-state index contributed by atoms with van der Waals surface area (Å²) in [6, 6.07) is 0. The number of nitrogens with zero attached hydrogens (tertiary/aromatic N) is 2. The quantitative estimate of drug-likeness (QED) is 0.843. The molecule has 70 valence electrons. The third kappa shape index (κ3) is 3.16. The minimum Gasteiger partial charge on any atom is -0.360 e. The van der Waals surface area contributed by atoms with Crippen LogP contribution in [0.4, 0.5) is 5.82 Å². The number of rotatable bonds is 3. The number of ketones is 1. The highest BCUT2D eigenvalue weighted by atomic mass is 35.5. The molecule has 13 heavy (non-hydrogen) atoms. The molecule has 1 aromatic heterocycles. The third-order valence-corrected chi connectivity index (χ3v) is 1.65. The summed E-state index contributed by atoms with van der Waals surface area (Å²) in [6.07, 6.45) is 1.36. The van der Waals surface area contributed by atoms with Crippen LogP contribution in [0.5, 0.6) is 0 Å². The number of halogens is 2. The number of carbonyl (C=O) groups excluding carboxylic acids is 1. The van der Waals surface area contributed by atoms with Crippen molar-refractivity contribution in [2.24, 2.45) is 0 Å². The second-order valence-electron chi connectivity index (χ2n) is 2.39. The van der Waals surface area contributed by atoms with Gasteiger partial charge in [0.15, 0.2) is 11.0 Å². The maximum atomic E-state index is 10.6. The van der Waals surface area contributed by atoms with E-state index >= 15 is 0 Å². The van der Waals surface area contributed by atoms with Crippen molar-refractivity contribution in [2.45, 2.75) is 6.92 Å². The standard InChI is InChI=1S/C7H7Cl2N3O/c1-4(13)2-10-7-6(9)12-5(8)3-11-7/h3H,2H2,1H3,(H,10,11). The summed E-state index contributed by atoms with van der Waals surface area (Å²) < 4.78 is 0. The smallest absolute Gasteiger partial charge is 0.173 e. The van der Waals surface area contributed by atoms with E-state index in [1.54, 1.807) is 0 Å². The van der Waals surface area contributed by atoms with Crippen LogP contribution in [0.1, 0.15) is 6.92 Å².